The summed E-state index contributed by atoms with van der Waals surface area (Å²) >= 11 is 4.09. The van der Waals surface area contributed by atoms with Gasteiger partial charge in [-0.1, -0.05) is 20.8 Å². The van der Waals surface area contributed by atoms with Gasteiger partial charge in [-0.05, 0) is 12.5 Å². The van der Waals surface area contributed by atoms with Gasteiger partial charge in [-0.3, -0.25) is 4.68 Å². The van der Waals surface area contributed by atoms with E-state index in [-0.39, 0.29) is 6.04 Å². The lowest BCUT2D eigenvalue weighted by molar-refractivity contribution is 0.537. The fourth-order valence-corrected chi connectivity index (χ4v) is 5.24. The van der Waals surface area contributed by atoms with E-state index in [1.807, 2.05) is 29.7 Å². The molecule has 4 atom stereocenters. The van der Waals surface area contributed by atoms with Gasteiger partial charge in [0.2, 0.25) is 0 Å². The van der Waals surface area contributed by atoms with E-state index in [4.69, 9.17) is 5.73 Å². The third kappa shape index (κ3) is 3.06. The smallest absolute Gasteiger partial charge is 0.0595 e. The molecule has 0 aromatic carbocycles. The van der Waals surface area contributed by atoms with Crippen LogP contribution >= 0.6 is 23.5 Å². The van der Waals surface area contributed by atoms with Crippen LogP contribution in [0.4, 0.5) is 0 Å². The lowest BCUT2D eigenvalue weighted by atomic mass is 10.1. The number of nitrogens with two attached hydrogens (primary N) is 1. The molecule has 0 amide bonds. The molecule has 102 valence electrons. The van der Waals surface area contributed by atoms with E-state index in [2.05, 4.69) is 36.6 Å². The van der Waals surface area contributed by atoms with E-state index in [9.17, 15) is 0 Å². The molecule has 5 heteroatoms. The Labute approximate surface area is 118 Å². The molecule has 2 heterocycles. The van der Waals surface area contributed by atoms with Crippen molar-refractivity contribution >= 4 is 23.5 Å². The zero-order chi connectivity index (χ0) is 13.1. The number of rotatable bonds is 4. The van der Waals surface area contributed by atoms with Crippen molar-refractivity contribution in [2.75, 3.05) is 5.75 Å². The topological polar surface area (TPSA) is 43.8 Å². The molecule has 3 nitrogen and oxygen atoms in total. The summed E-state index contributed by atoms with van der Waals surface area (Å²) in [6.45, 7) is 7.76. The average Bonchev–Trinajstić information content (AvgIpc) is 2.80. The molecule has 0 aliphatic carbocycles. The maximum atomic E-state index is 6.46. The van der Waals surface area contributed by atoms with Crippen LogP contribution in [0.1, 0.15) is 38.9 Å². The molecule has 1 aliphatic heterocycles. The standard InChI is InChI=1S/C13H23N3S2/c1-4-7-16-11(5-6-15-16)13(14)12-8-17-9(2)10(3)18-12/h5-6,9-10,12-13H,4,7-8,14H2,1-3H3. The Morgan fingerprint density at radius 2 is 2.28 bits per heavy atom. The monoisotopic (exact) mass is 285 g/mol. The van der Waals surface area contributed by atoms with Crippen molar-refractivity contribution in [1.29, 1.82) is 0 Å². The quantitative estimate of drug-likeness (QED) is 0.924. The van der Waals surface area contributed by atoms with E-state index >= 15 is 0 Å². The first kappa shape index (κ1) is 14.3. The van der Waals surface area contributed by atoms with Crippen LogP contribution in [0.5, 0.6) is 0 Å². The van der Waals surface area contributed by atoms with Gasteiger partial charge in [-0.2, -0.15) is 28.6 Å². The van der Waals surface area contributed by atoms with Crippen LogP contribution in [0.15, 0.2) is 12.3 Å². The second kappa shape index (κ2) is 6.35. The Bertz CT molecular complexity index is 380. The minimum absolute atomic E-state index is 0.103. The Morgan fingerprint density at radius 1 is 1.50 bits per heavy atom. The third-order valence-corrected chi connectivity index (χ3v) is 7.02. The first-order valence-corrected chi connectivity index (χ1v) is 8.67. The number of aromatic nitrogens is 2. The molecule has 0 radical (unpaired) electrons. The van der Waals surface area contributed by atoms with Crippen molar-refractivity contribution < 1.29 is 0 Å². The second-order valence-corrected chi connectivity index (χ2v) is 7.95. The molecule has 18 heavy (non-hydrogen) atoms. The Kier molecular flexibility index (Phi) is 5.04. The largest absolute Gasteiger partial charge is 0.322 e. The van der Waals surface area contributed by atoms with E-state index in [0.717, 1.165) is 24.0 Å². The fraction of sp³-hybridized carbons (Fsp3) is 0.769. The summed E-state index contributed by atoms with van der Waals surface area (Å²) in [5.74, 6) is 1.15. The SMILES string of the molecule is CCCn1nccc1C(N)C1CSC(C)C(C)S1. The number of thioether (sulfide) groups is 2. The van der Waals surface area contributed by atoms with E-state index in [1.165, 1.54) is 5.69 Å². The first-order chi connectivity index (χ1) is 8.63. The van der Waals surface area contributed by atoms with Crippen LogP contribution < -0.4 is 5.73 Å². The number of hydrogen-bond donors (Lipinski definition) is 1. The van der Waals surface area contributed by atoms with Crippen molar-refractivity contribution in [2.45, 2.75) is 55.5 Å². The van der Waals surface area contributed by atoms with E-state index < -0.39 is 0 Å². The summed E-state index contributed by atoms with van der Waals surface area (Å²) in [7, 11) is 0. The van der Waals surface area contributed by atoms with Crippen molar-refractivity contribution in [2.24, 2.45) is 5.73 Å². The van der Waals surface area contributed by atoms with Crippen molar-refractivity contribution in [1.82, 2.24) is 9.78 Å². The summed E-state index contributed by atoms with van der Waals surface area (Å²) in [6, 6.07) is 2.18. The summed E-state index contributed by atoms with van der Waals surface area (Å²) < 4.78 is 2.07. The van der Waals surface area contributed by atoms with Gasteiger partial charge in [0.1, 0.15) is 0 Å². The molecule has 1 saturated heterocycles. The summed E-state index contributed by atoms with van der Waals surface area (Å²) in [6.07, 6.45) is 2.97. The Morgan fingerprint density at radius 3 is 2.94 bits per heavy atom. The van der Waals surface area contributed by atoms with Gasteiger partial charge < -0.3 is 5.73 Å². The molecule has 0 spiro atoms. The van der Waals surface area contributed by atoms with Gasteiger partial charge in [0.05, 0.1) is 11.7 Å². The first-order valence-electron chi connectivity index (χ1n) is 6.67. The van der Waals surface area contributed by atoms with E-state index in [1.54, 1.807) is 0 Å². The molecule has 1 aromatic rings. The highest BCUT2D eigenvalue weighted by Gasteiger charge is 2.31. The van der Waals surface area contributed by atoms with E-state index in [0.29, 0.717) is 10.5 Å². The minimum Gasteiger partial charge on any atom is -0.322 e. The highest BCUT2D eigenvalue weighted by atomic mass is 32.2. The molecule has 1 aromatic heterocycles. The minimum atomic E-state index is 0.103. The van der Waals surface area contributed by atoms with Crippen LogP contribution in [0, 0.1) is 0 Å². The molecular formula is C13H23N3S2. The molecule has 1 aliphatic rings. The van der Waals surface area contributed by atoms with Crippen LogP contribution in [-0.4, -0.2) is 31.3 Å². The number of hydrogen-bond acceptors (Lipinski definition) is 4. The van der Waals surface area contributed by atoms with Crippen LogP contribution in [-0.2, 0) is 6.54 Å². The fourth-order valence-electron chi connectivity index (χ4n) is 2.21. The van der Waals surface area contributed by atoms with Crippen molar-refractivity contribution in [3.63, 3.8) is 0 Å². The van der Waals surface area contributed by atoms with Gasteiger partial charge >= 0.3 is 0 Å². The summed E-state index contributed by atoms with van der Waals surface area (Å²) in [5, 5.41) is 6.30. The van der Waals surface area contributed by atoms with Gasteiger partial charge in [0, 0.05) is 34.2 Å². The predicted octanol–water partition coefficient (Wildman–Crippen LogP) is 2.92. The molecule has 0 saturated carbocycles. The highest BCUT2D eigenvalue weighted by molar-refractivity contribution is 8.07. The van der Waals surface area contributed by atoms with Gasteiger partial charge in [0.15, 0.2) is 0 Å². The summed E-state index contributed by atoms with van der Waals surface area (Å²) in [4.78, 5) is 0. The number of nitrogens with zero attached hydrogens (tertiary/aromatic N) is 2. The van der Waals surface area contributed by atoms with Crippen LogP contribution in [0.2, 0.25) is 0 Å². The highest BCUT2D eigenvalue weighted by Crippen LogP contribution is 2.40. The van der Waals surface area contributed by atoms with Crippen LogP contribution in [0.3, 0.4) is 0 Å². The Balaban J connectivity index is 2.06. The van der Waals surface area contributed by atoms with Gasteiger partial charge in [0.25, 0.3) is 0 Å². The summed E-state index contributed by atoms with van der Waals surface area (Å²) in [5.41, 5.74) is 7.65. The lowest BCUT2D eigenvalue weighted by Crippen LogP contribution is -2.35. The maximum absolute atomic E-state index is 6.46. The lowest BCUT2D eigenvalue weighted by Gasteiger charge is -2.34. The van der Waals surface area contributed by atoms with Gasteiger partial charge in [-0.25, -0.2) is 0 Å². The van der Waals surface area contributed by atoms with Gasteiger partial charge in [-0.15, -0.1) is 0 Å². The molecule has 2 N–H and O–H groups in total. The zero-order valence-corrected chi connectivity index (χ0v) is 13.0. The molecule has 0 bridgehead atoms. The normalized spacial score (nSPS) is 30.3. The molecule has 4 unspecified atom stereocenters. The third-order valence-electron chi connectivity index (χ3n) is 3.50. The average molecular weight is 285 g/mol. The van der Waals surface area contributed by atoms with Crippen molar-refractivity contribution in [3.05, 3.63) is 18.0 Å². The maximum Gasteiger partial charge on any atom is 0.0595 e. The Hall–Kier alpha value is -0.130. The second-order valence-electron chi connectivity index (χ2n) is 4.92. The predicted molar refractivity (Wildman–Crippen MR) is 82.2 cm³/mol. The molecule has 1 fully saturated rings. The van der Waals surface area contributed by atoms with Crippen LogP contribution in [0.25, 0.3) is 0 Å². The zero-order valence-electron chi connectivity index (χ0n) is 11.4. The molecule has 2 rings (SSSR count). The van der Waals surface area contributed by atoms with Crippen molar-refractivity contribution in [3.8, 4) is 0 Å². The number of aryl methyl sites for hydroxylation is 1. The molecular weight excluding hydrogens is 262 g/mol.